The molecular weight excluding hydrogens is 403 g/mol. The largest absolute Gasteiger partial charge is 0.321 e. The molecule has 0 spiro atoms. The van der Waals surface area contributed by atoms with Gasteiger partial charge in [-0.25, -0.2) is 9.29 Å². The van der Waals surface area contributed by atoms with Crippen molar-refractivity contribution < 1.29 is 18.8 Å². The van der Waals surface area contributed by atoms with Crippen molar-refractivity contribution in [3.63, 3.8) is 0 Å². The molecule has 1 fully saturated rings. The highest BCUT2D eigenvalue weighted by atomic mass is 32.1. The lowest BCUT2D eigenvalue weighted by Crippen LogP contribution is -2.45. The van der Waals surface area contributed by atoms with Gasteiger partial charge < -0.3 is 4.90 Å². The first kappa shape index (κ1) is 20.0. The summed E-state index contributed by atoms with van der Waals surface area (Å²) in [5.41, 5.74) is 1.35. The van der Waals surface area contributed by atoms with Crippen molar-refractivity contribution in [1.82, 2.24) is 4.90 Å². The summed E-state index contributed by atoms with van der Waals surface area (Å²) in [6.07, 6.45) is -0.141. The second kappa shape index (κ2) is 8.20. The second-order valence-electron chi connectivity index (χ2n) is 7.12. The van der Waals surface area contributed by atoms with Gasteiger partial charge in [-0.1, -0.05) is 35.9 Å². The van der Waals surface area contributed by atoms with E-state index in [0.717, 1.165) is 15.3 Å². The number of hydrogen-bond acceptors (Lipinski definition) is 4. The summed E-state index contributed by atoms with van der Waals surface area (Å²) < 4.78 is 14.3. The number of rotatable bonds is 5. The van der Waals surface area contributed by atoms with E-state index in [2.05, 4.69) is 0 Å². The number of carbonyl (C=O) groups excluding carboxylic acids is 3. The Hall–Kier alpha value is -3.32. The van der Waals surface area contributed by atoms with Crippen molar-refractivity contribution in [1.29, 1.82) is 0 Å². The molecule has 1 aliphatic heterocycles. The summed E-state index contributed by atoms with van der Waals surface area (Å²) >= 11 is 1.43. The van der Waals surface area contributed by atoms with Gasteiger partial charge in [0.2, 0.25) is 5.91 Å². The maximum absolute atomic E-state index is 14.3. The van der Waals surface area contributed by atoms with Crippen LogP contribution in [0, 0.1) is 12.7 Å². The molecule has 1 aromatic heterocycles. The molecule has 0 radical (unpaired) electrons. The lowest BCUT2D eigenvalue weighted by Gasteiger charge is -2.27. The van der Waals surface area contributed by atoms with E-state index in [1.807, 2.05) is 36.6 Å². The summed E-state index contributed by atoms with van der Waals surface area (Å²) in [5, 5.41) is 1.86. The Bertz CT molecular complexity index is 1100. The van der Waals surface area contributed by atoms with E-state index in [-0.39, 0.29) is 24.4 Å². The van der Waals surface area contributed by atoms with Crippen LogP contribution in [0.4, 0.5) is 10.1 Å². The third-order valence-electron chi connectivity index (χ3n) is 5.06. The van der Waals surface area contributed by atoms with E-state index < -0.39 is 23.7 Å². The Labute approximate surface area is 177 Å². The van der Waals surface area contributed by atoms with Crippen molar-refractivity contribution in [3.05, 3.63) is 87.9 Å². The summed E-state index contributed by atoms with van der Waals surface area (Å²) in [6, 6.07) is 15.4. The van der Waals surface area contributed by atoms with E-state index in [4.69, 9.17) is 0 Å². The molecule has 3 amide bonds. The van der Waals surface area contributed by atoms with Gasteiger partial charge in [-0.3, -0.25) is 14.4 Å². The summed E-state index contributed by atoms with van der Waals surface area (Å²) in [7, 11) is 0. The molecule has 0 saturated carbocycles. The van der Waals surface area contributed by atoms with Crippen molar-refractivity contribution in [3.8, 4) is 0 Å². The van der Waals surface area contributed by atoms with E-state index >= 15 is 0 Å². The van der Waals surface area contributed by atoms with Crippen molar-refractivity contribution in [2.45, 2.75) is 25.9 Å². The van der Waals surface area contributed by atoms with Gasteiger partial charge in [0.1, 0.15) is 11.9 Å². The predicted octanol–water partition coefficient (Wildman–Crippen LogP) is 4.17. The highest BCUT2D eigenvalue weighted by Gasteiger charge is 2.44. The quantitative estimate of drug-likeness (QED) is 0.580. The maximum atomic E-state index is 14.3. The molecule has 2 aromatic carbocycles. The SMILES string of the molecule is Cc1ccc(N2C(=O)CC(N(Cc3cccs3)C(=O)c3ccccc3F)C2=O)cc1. The molecule has 2 heterocycles. The van der Waals surface area contributed by atoms with Gasteiger partial charge in [-0.05, 0) is 42.6 Å². The standard InChI is InChI=1S/C23H19FN2O3S/c1-15-8-10-16(11-9-15)26-21(27)13-20(23(26)29)25(14-17-5-4-12-30-17)22(28)18-6-2-3-7-19(18)24/h2-12,20H,13-14H2,1H3. The van der Waals surface area contributed by atoms with Crippen molar-refractivity contribution >= 4 is 34.7 Å². The predicted molar refractivity (Wildman–Crippen MR) is 113 cm³/mol. The minimum Gasteiger partial charge on any atom is -0.321 e. The highest BCUT2D eigenvalue weighted by molar-refractivity contribution is 7.09. The van der Waals surface area contributed by atoms with E-state index in [9.17, 15) is 18.8 Å². The Balaban J connectivity index is 1.69. The normalized spacial score (nSPS) is 16.2. The van der Waals surface area contributed by atoms with Crippen LogP contribution in [0.25, 0.3) is 0 Å². The molecule has 3 aromatic rings. The van der Waals surface area contributed by atoms with Crippen LogP contribution < -0.4 is 4.90 Å². The zero-order valence-electron chi connectivity index (χ0n) is 16.2. The monoisotopic (exact) mass is 422 g/mol. The number of anilines is 1. The third-order valence-corrected chi connectivity index (χ3v) is 5.92. The van der Waals surface area contributed by atoms with Crippen LogP contribution in [-0.2, 0) is 16.1 Å². The molecule has 0 aliphatic carbocycles. The van der Waals surface area contributed by atoms with Crippen LogP contribution in [0.1, 0.15) is 27.2 Å². The topological polar surface area (TPSA) is 57.7 Å². The highest BCUT2D eigenvalue weighted by Crippen LogP contribution is 2.29. The molecule has 30 heavy (non-hydrogen) atoms. The van der Waals surface area contributed by atoms with Gasteiger partial charge in [-0.2, -0.15) is 0 Å². The molecule has 0 N–H and O–H groups in total. The lowest BCUT2D eigenvalue weighted by molar-refractivity contribution is -0.122. The van der Waals surface area contributed by atoms with Crippen LogP contribution >= 0.6 is 11.3 Å². The van der Waals surface area contributed by atoms with Gasteiger partial charge >= 0.3 is 0 Å². The van der Waals surface area contributed by atoms with Gasteiger partial charge in [0.15, 0.2) is 0 Å². The number of aryl methyl sites for hydroxylation is 1. The molecular formula is C23H19FN2O3S. The fourth-order valence-electron chi connectivity index (χ4n) is 3.51. The smallest absolute Gasteiger partial charge is 0.257 e. The van der Waals surface area contributed by atoms with E-state index in [1.54, 1.807) is 18.2 Å². The minimum atomic E-state index is -0.993. The van der Waals surface area contributed by atoms with Gasteiger partial charge in [-0.15, -0.1) is 11.3 Å². The van der Waals surface area contributed by atoms with Gasteiger partial charge in [0.25, 0.3) is 11.8 Å². The second-order valence-corrected chi connectivity index (χ2v) is 8.15. The third kappa shape index (κ3) is 3.76. The van der Waals surface area contributed by atoms with Gasteiger partial charge in [0.05, 0.1) is 24.2 Å². The van der Waals surface area contributed by atoms with Crippen LogP contribution in [-0.4, -0.2) is 28.7 Å². The van der Waals surface area contributed by atoms with Crippen LogP contribution in [0.3, 0.4) is 0 Å². The van der Waals surface area contributed by atoms with E-state index in [0.29, 0.717) is 5.69 Å². The number of thiophene rings is 1. The average molecular weight is 422 g/mol. The number of amides is 3. The molecule has 7 heteroatoms. The number of hydrogen-bond donors (Lipinski definition) is 0. The Morgan fingerprint density at radius 3 is 2.50 bits per heavy atom. The first-order valence-electron chi connectivity index (χ1n) is 9.47. The molecule has 5 nitrogen and oxygen atoms in total. The molecule has 1 unspecified atom stereocenters. The number of imide groups is 1. The first-order valence-corrected chi connectivity index (χ1v) is 10.3. The summed E-state index contributed by atoms with van der Waals surface area (Å²) in [5.74, 6) is -2.14. The Kier molecular flexibility index (Phi) is 5.46. The number of carbonyl (C=O) groups is 3. The zero-order valence-corrected chi connectivity index (χ0v) is 17.1. The summed E-state index contributed by atoms with van der Waals surface area (Å²) in [4.78, 5) is 42.4. The molecule has 1 saturated heterocycles. The van der Waals surface area contributed by atoms with Gasteiger partial charge in [0, 0.05) is 4.88 Å². The minimum absolute atomic E-state index is 0.121. The van der Waals surface area contributed by atoms with Crippen LogP contribution in [0.5, 0.6) is 0 Å². The number of nitrogens with zero attached hydrogens (tertiary/aromatic N) is 2. The summed E-state index contributed by atoms with van der Waals surface area (Å²) in [6.45, 7) is 2.03. The van der Waals surface area contributed by atoms with Crippen LogP contribution in [0.2, 0.25) is 0 Å². The molecule has 1 aliphatic rings. The Morgan fingerprint density at radius 2 is 1.83 bits per heavy atom. The van der Waals surface area contributed by atoms with Crippen LogP contribution in [0.15, 0.2) is 66.0 Å². The number of benzene rings is 2. The zero-order chi connectivity index (χ0) is 21.3. The van der Waals surface area contributed by atoms with E-state index in [1.165, 1.54) is 34.4 Å². The van der Waals surface area contributed by atoms with Crippen molar-refractivity contribution in [2.24, 2.45) is 0 Å². The fourth-order valence-corrected chi connectivity index (χ4v) is 4.21. The van der Waals surface area contributed by atoms with Crippen molar-refractivity contribution in [2.75, 3.05) is 4.90 Å². The first-order chi connectivity index (χ1) is 14.5. The molecule has 152 valence electrons. The Morgan fingerprint density at radius 1 is 1.10 bits per heavy atom. The maximum Gasteiger partial charge on any atom is 0.257 e. The average Bonchev–Trinajstić information content (AvgIpc) is 3.35. The molecule has 1 atom stereocenters. The number of halogens is 1. The lowest BCUT2D eigenvalue weighted by atomic mass is 10.1. The molecule has 0 bridgehead atoms. The fraction of sp³-hybridized carbons (Fsp3) is 0.174. The molecule has 4 rings (SSSR count).